The lowest BCUT2D eigenvalue weighted by molar-refractivity contribution is 0.0997. The van der Waals surface area contributed by atoms with E-state index in [4.69, 9.17) is 5.73 Å². The molecule has 4 nitrogen and oxygen atoms in total. The Kier molecular flexibility index (Phi) is 3.58. The summed E-state index contributed by atoms with van der Waals surface area (Å²) in [6, 6.07) is 4.76. The number of hydrogen-bond donors (Lipinski definition) is 3. The number of carbonyl (C=O) groups excluding carboxylic acids is 1. The van der Waals surface area contributed by atoms with E-state index in [0.29, 0.717) is 5.69 Å². The Hall–Kier alpha value is -1.62. The number of hydrogen-bond acceptors (Lipinski definition) is 3. The zero-order chi connectivity index (χ0) is 12.3. The third kappa shape index (κ3) is 2.74. The van der Waals surface area contributed by atoms with Crippen molar-refractivity contribution in [2.24, 2.45) is 5.73 Å². The Morgan fingerprint density at radius 1 is 1.41 bits per heavy atom. The number of nitrogens with two attached hydrogens (primary N) is 1. The highest BCUT2D eigenvalue weighted by molar-refractivity contribution is 5.98. The van der Waals surface area contributed by atoms with E-state index in [1.807, 2.05) is 0 Å². The summed E-state index contributed by atoms with van der Waals surface area (Å²) in [4.78, 5) is 11.2. The van der Waals surface area contributed by atoms with Crippen molar-refractivity contribution in [2.75, 3.05) is 18.4 Å². The maximum Gasteiger partial charge on any atom is 0.253 e. The van der Waals surface area contributed by atoms with Gasteiger partial charge in [-0.3, -0.25) is 4.79 Å². The van der Waals surface area contributed by atoms with Gasteiger partial charge in [-0.15, -0.1) is 0 Å². The molecule has 1 aliphatic rings. The number of carbonyl (C=O) groups is 1. The zero-order valence-electron chi connectivity index (χ0n) is 9.50. The Morgan fingerprint density at radius 3 is 2.76 bits per heavy atom. The van der Waals surface area contributed by atoms with E-state index in [1.54, 1.807) is 12.1 Å². The highest BCUT2D eigenvalue weighted by Gasteiger charge is 2.18. The van der Waals surface area contributed by atoms with Crippen LogP contribution in [0.4, 0.5) is 10.1 Å². The van der Waals surface area contributed by atoms with Crippen LogP contribution in [0.5, 0.6) is 0 Å². The largest absolute Gasteiger partial charge is 0.381 e. The second-order valence-corrected chi connectivity index (χ2v) is 4.20. The summed E-state index contributed by atoms with van der Waals surface area (Å²) in [6.45, 7) is 1.86. The third-order valence-electron chi connectivity index (χ3n) is 2.96. The minimum Gasteiger partial charge on any atom is -0.381 e. The van der Waals surface area contributed by atoms with E-state index < -0.39 is 11.7 Å². The number of rotatable bonds is 3. The number of piperidine rings is 1. The number of amides is 1. The van der Waals surface area contributed by atoms with Crippen LogP contribution in [0.3, 0.4) is 0 Å². The predicted octanol–water partition coefficient (Wildman–Crippen LogP) is 1.09. The molecular weight excluding hydrogens is 221 g/mol. The Bertz CT molecular complexity index is 416. The van der Waals surface area contributed by atoms with Crippen molar-refractivity contribution in [1.29, 1.82) is 0 Å². The van der Waals surface area contributed by atoms with E-state index >= 15 is 0 Å². The van der Waals surface area contributed by atoms with E-state index in [1.165, 1.54) is 6.07 Å². The van der Waals surface area contributed by atoms with Gasteiger partial charge in [0.25, 0.3) is 5.91 Å². The second-order valence-electron chi connectivity index (χ2n) is 4.20. The number of halogens is 1. The third-order valence-corrected chi connectivity index (χ3v) is 2.96. The second kappa shape index (κ2) is 5.14. The number of benzene rings is 1. The molecule has 17 heavy (non-hydrogen) atoms. The quantitative estimate of drug-likeness (QED) is 0.737. The Morgan fingerprint density at radius 2 is 2.12 bits per heavy atom. The predicted molar refractivity (Wildman–Crippen MR) is 64.4 cm³/mol. The van der Waals surface area contributed by atoms with Gasteiger partial charge in [0.1, 0.15) is 5.82 Å². The molecule has 1 saturated heterocycles. The smallest absolute Gasteiger partial charge is 0.253 e. The molecule has 0 bridgehead atoms. The van der Waals surface area contributed by atoms with Gasteiger partial charge in [-0.1, -0.05) is 6.07 Å². The first-order valence-electron chi connectivity index (χ1n) is 5.74. The lowest BCUT2D eigenvalue weighted by atomic mass is 10.0. The average Bonchev–Trinajstić information content (AvgIpc) is 2.30. The van der Waals surface area contributed by atoms with Gasteiger partial charge in [0.2, 0.25) is 0 Å². The summed E-state index contributed by atoms with van der Waals surface area (Å²) < 4.78 is 13.5. The molecule has 1 aliphatic heterocycles. The van der Waals surface area contributed by atoms with Gasteiger partial charge in [0.15, 0.2) is 0 Å². The van der Waals surface area contributed by atoms with Gasteiger partial charge in [-0.05, 0) is 38.1 Å². The first-order valence-corrected chi connectivity index (χ1v) is 5.74. The van der Waals surface area contributed by atoms with Gasteiger partial charge < -0.3 is 16.4 Å². The standard InChI is InChI=1S/C12H16FN3O/c13-9-2-1-3-10(11(9)12(14)17)16-8-4-6-15-7-5-8/h1-3,8,15-16H,4-7H2,(H2,14,17). The van der Waals surface area contributed by atoms with Crippen molar-refractivity contribution in [2.45, 2.75) is 18.9 Å². The van der Waals surface area contributed by atoms with Crippen LogP contribution in [-0.4, -0.2) is 25.0 Å². The normalized spacial score (nSPS) is 16.8. The van der Waals surface area contributed by atoms with Crippen LogP contribution in [0.1, 0.15) is 23.2 Å². The van der Waals surface area contributed by atoms with Crippen LogP contribution in [0.15, 0.2) is 18.2 Å². The summed E-state index contributed by atoms with van der Waals surface area (Å²) in [5, 5.41) is 6.43. The first-order chi connectivity index (χ1) is 8.18. The Balaban J connectivity index is 2.19. The maximum atomic E-state index is 13.5. The van der Waals surface area contributed by atoms with Crippen molar-refractivity contribution in [3.63, 3.8) is 0 Å². The van der Waals surface area contributed by atoms with Crippen LogP contribution in [0.25, 0.3) is 0 Å². The summed E-state index contributed by atoms with van der Waals surface area (Å²) in [5.41, 5.74) is 5.63. The lowest BCUT2D eigenvalue weighted by Gasteiger charge is -2.25. The molecule has 0 radical (unpaired) electrons. The maximum absolute atomic E-state index is 13.5. The summed E-state index contributed by atoms with van der Waals surface area (Å²) in [5.74, 6) is -1.31. The SMILES string of the molecule is NC(=O)c1c(F)cccc1NC1CCNCC1. The number of anilines is 1. The minimum absolute atomic E-state index is 0.0500. The number of primary amides is 1. The highest BCUT2D eigenvalue weighted by atomic mass is 19.1. The zero-order valence-corrected chi connectivity index (χ0v) is 9.50. The molecule has 5 heteroatoms. The fourth-order valence-corrected chi connectivity index (χ4v) is 2.08. The molecule has 0 spiro atoms. The molecule has 0 atom stereocenters. The van der Waals surface area contributed by atoms with Crippen molar-refractivity contribution >= 4 is 11.6 Å². The lowest BCUT2D eigenvalue weighted by Crippen LogP contribution is -2.35. The fourth-order valence-electron chi connectivity index (χ4n) is 2.08. The van der Waals surface area contributed by atoms with Gasteiger partial charge in [0.05, 0.1) is 11.3 Å². The summed E-state index contributed by atoms with van der Waals surface area (Å²) in [6.07, 6.45) is 1.91. The average molecular weight is 237 g/mol. The van der Waals surface area contributed by atoms with Gasteiger partial charge in [0, 0.05) is 6.04 Å². The molecular formula is C12H16FN3O. The van der Waals surface area contributed by atoms with Crippen molar-refractivity contribution in [3.05, 3.63) is 29.6 Å². The van der Waals surface area contributed by atoms with Crippen LogP contribution in [0, 0.1) is 5.82 Å². The fraction of sp³-hybridized carbons (Fsp3) is 0.417. The molecule has 2 rings (SSSR count). The van der Waals surface area contributed by atoms with Crippen molar-refractivity contribution in [3.8, 4) is 0 Å². The van der Waals surface area contributed by atoms with E-state index in [2.05, 4.69) is 10.6 Å². The van der Waals surface area contributed by atoms with Crippen LogP contribution >= 0.6 is 0 Å². The van der Waals surface area contributed by atoms with E-state index in [0.717, 1.165) is 25.9 Å². The van der Waals surface area contributed by atoms with Crippen molar-refractivity contribution in [1.82, 2.24) is 5.32 Å². The van der Waals surface area contributed by atoms with Gasteiger partial charge in [-0.25, -0.2) is 4.39 Å². The Labute approximate surface area is 99.4 Å². The number of nitrogens with one attached hydrogen (secondary N) is 2. The molecule has 1 aromatic rings. The molecule has 1 aromatic carbocycles. The van der Waals surface area contributed by atoms with E-state index in [9.17, 15) is 9.18 Å². The molecule has 1 heterocycles. The van der Waals surface area contributed by atoms with Crippen LogP contribution in [-0.2, 0) is 0 Å². The molecule has 0 aliphatic carbocycles. The van der Waals surface area contributed by atoms with Gasteiger partial charge >= 0.3 is 0 Å². The van der Waals surface area contributed by atoms with Crippen LogP contribution in [0.2, 0.25) is 0 Å². The molecule has 0 aromatic heterocycles. The molecule has 0 unspecified atom stereocenters. The molecule has 4 N–H and O–H groups in total. The molecule has 0 saturated carbocycles. The topological polar surface area (TPSA) is 67.2 Å². The van der Waals surface area contributed by atoms with E-state index in [-0.39, 0.29) is 11.6 Å². The summed E-state index contributed by atoms with van der Waals surface area (Å²) in [7, 11) is 0. The first kappa shape index (κ1) is 11.9. The summed E-state index contributed by atoms with van der Waals surface area (Å²) >= 11 is 0. The van der Waals surface area contributed by atoms with Crippen molar-refractivity contribution < 1.29 is 9.18 Å². The molecule has 92 valence electrons. The molecule has 1 amide bonds. The van der Waals surface area contributed by atoms with Gasteiger partial charge in [-0.2, -0.15) is 0 Å². The molecule has 1 fully saturated rings. The minimum atomic E-state index is -0.737. The highest BCUT2D eigenvalue weighted by Crippen LogP contribution is 2.21. The monoisotopic (exact) mass is 237 g/mol. The van der Waals surface area contributed by atoms with Crippen LogP contribution < -0.4 is 16.4 Å².